The maximum atomic E-state index is 12.6. The quantitative estimate of drug-likeness (QED) is 0.725. The van der Waals surface area contributed by atoms with E-state index in [0.29, 0.717) is 37.6 Å². The van der Waals surface area contributed by atoms with Gasteiger partial charge in [0.1, 0.15) is 6.61 Å². The third-order valence-electron chi connectivity index (χ3n) is 4.67. The fourth-order valence-corrected chi connectivity index (χ4v) is 4.75. The van der Waals surface area contributed by atoms with Crippen LogP contribution >= 0.6 is 11.6 Å². The summed E-state index contributed by atoms with van der Waals surface area (Å²) < 4.78 is 37.4. The zero-order valence-corrected chi connectivity index (χ0v) is 15.5. The average molecular weight is 388 g/mol. The standard InChI is InChI=1S/C17H22ClNO5S/c18-14-3-5-16(6-4-14)25(21,22)19-9-7-13(8-10-19)17(20)24-12-15-2-1-11-23-15/h3-6,13,15H,1-2,7-12H2/t15-/m0/s1. The molecule has 2 saturated heterocycles. The summed E-state index contributed by atoms with van der Waals surface area (Å²) in [5, 5.41) is 0.492. The molecule has 2 aliphatic rings. The lowest BCUT2D eigenvalue weighted by Crippen LogP contribution is -2.40. The Balaban J connectivity index is 1.52. The minimum Gasteiger partial charge on any atom is -0.463 e. The van der Waals surface area contributed by atoms with Crippen LogP contribution in [0.4, 0.5) is 0 Å². The van der Waals surface area contributed by atoms with Gasteiger partial charge in [0.25, 0.3) is 0 Å². The van der Waals surface area contributed by atoms with Crippen LogP contribution in [0.25, 0.3) is 0 Å². The molecule has 1 atom stereocenters. The van der Waals surface area contributed by atoms with Crippen LogP contribution < -0.4 is 0 Å². The van der Waals surface area contributed by atoms with E-state index < -0.39 is 10.0 Å². The maximum Gasteiger partial charge on any atom is 0.309 e. The highest BCUT2D eigenvalue weighted by Crippen LogP contribution is 2.25. The minimum atomic E-state index is -3.55. The van der Waals surface area contributed by atoms with Crippen LogP contribution in [-0.4, -0.2) is 51.1 Å². The van der Waals surface area contributed by atoms with Gasteiger partial charge in [-0.15, -0.1) is 0 Å². The van der Waals surface area contributed by atoms with Gasteiger partial charge in [-0.1, -0.05) is 11.6 Å². The van der Waals surface area contributed by atoms with Crippen LogP contribution in [0.3, 0.4) is 0 Å². The first-order chi connectivity index (χ1) is 12.0. The second-order valence-corrected chi connectivity index (χ2v) is 8.77. The van der Waals surface area contributed by atoms with Crippen LogP contribution in [0.2, 0.25) is 5.02 Å². The number of ether oxygens (including phenoxy) is 2. The van der Waals surface area contributed by atoms with Gasteiger partial charge >= 0.3 is 5.97 Å². The lowest BCUT2D eigenvalue weighted by Gasteiger charge is -2.30. The number of nitrogens with zero attached hydrogens (tertiary/aromatic N) is 1. The van der Waals surface area contributed by atoms with Gasteiger partial charge in [-0.3, -0.25) is 4.79 Å². The van der Waals surface area contributed by atoms with E-state index in [1.54, 1.807) is 12.1 Å². The Kier molecular flexibility index (Phi) is 5.99. The van der Waals surface area contributed by atoms with Gasteiger partial charge in [0.05, 0.1) is 16.9 Å². The molecule has 25 heavy (non-hydrogen) atoms. The van der Waals surface area contributed by atoms with E-state index in [-0.39, 0.29) is 22.9 Å². The molecule has 138 valence electrons. The summed E-state index contributed by atoms with van der Waals surface area (Å²) >= 11 is 5.81. The predicted molar refractivity (Wildman–Crippen MR) is 92.9 cm³/mol. The van der Waals surface area contributed by atoms with Crippen LogP contribution in [-0.2, 0) is 24.3 Å². The fourth-order valence-electron chi connectivity index (χ4n) is 3.16. The molecule has 0 spiro atoms. The number of piperidine rings is 1. The van der Waals surface area contributed by atoms with Gasteiger partial charge in [-0.25, -0.2) is 8.42 Å². The van der Waals surface area contributed by atoms with Crippen molar-refractivity contribution < 1.29 is 22.7 Å². The third-order valence-corrected chi connectivity index (χ3v) is 6.84. The predicted octanol–water partition coefficient (Wildman–Crippen LogP) is 2.46. The van der Waals surface area contributed by atoms with E-state index in [4.69, 9.17) is 21.1 Å². The van der Waals surface area contributed by atoms with E-state index in [9.17, 15) is 13.2 Å². The minimum absolute atomic E-state index is 0.00863. The molecule has 0 radical (unpaired) electrons. The van der Waals surface area contributed by atoms with Crippen LogP contribution in [0, 0.1) is 5.92 Å². The molecule has 2 aliphatic heterocycles. The monoisotopic (exact) mass is 387 g/mol. The summed E-state index contributed by atoms with van der Waals surface area (Å²) in [7, 11) is -3.55. The SMILES string of the molecule is O=C(OC[C@@H]1CCCO1)C1CCN(S(=O)(=O)c2ccc(Cl)cc2)CC1. The molecule has 0 amide bonds. The maximum absolute atomic E-state index is 12.6. The summed E-state index contributed by atoms with van der Waals surface area (Å²) in [4.78, 5) is 12.4. The normalized spacial score (nSPS) is 22.8. The van der Waals surface area contributed by atoms with Gasteiger partial charge in [-0.05, 0) is 49.9 Å². The first kappa shape index (κ1) is 18.6. The van der Waals surface area contributed by atoms with Gasteiger partial charge in [0.15, 0.2) is 0 Å². The Bertz CT molecular complexity index is 692. The van der Waals surface area contributed by atoms with Crippen LogP contribution in [0.15, 0.2) is 29.2 Å². The molecular weight excluding hydrogens is 366 g/mol. The first-order valence-electron chi connectivity index (χ1n) is 8.51. The molecule has 8 heteroatoms. The Morgan fingerprint density at radius 1 is 1.20 bits per heavy atom. The number of carbonyl (C=O) groups is 1. The molecule has 0 saturated carbocycles. The van der Waals surface area contributed by atoms with Crippen molar-refractivity contribution in [2.24, 2.45) is 5.92 Å². The molecule has 0 N–H and O–H groups in total. The lowest BCUT2D eigenvalue weighted by atomic mass is 9.98. The number of esters is 1. The molecule has 1 aromatic rings. The molecule has 3 rings (SSSR count). The molecule has 2 fully saturated rings. The number of hydrogen-bond acceptors (Lipinski definition) is 5. The van der Waals surface area contributed by atoms with Gasteiger partial charge < -0.3 is 9.47 Å². The van der Waals surface area contributed by atoms with E-state index in [1.165, 1.54) is 16.4 Å². The smallest absolute Gasteiger partial charge is 0.309 e. The Hall–Kier alpha value is -1.15. The molecule has 0 aromatic heterocycles. The highest BCUT2D eigenvalue weighted by molar-refractivity contribution is 7.89. The highest BCUT2D eigenvalue weighted by Gasteiger charge is 2.33. The van der Waals surface area contributed by atoms with E-state index in [2.05, 4.69) is 0 Å². The molecular formula is C17H22ClNO5S. The molecule has 6 nitrogen and oxygen atoms in total. The number of hydrogen-bond donors (Lipinski definition) is 0. The Morgan fingerprint density at radius 2 is 1.88 bits per heavy atom. The van der Waals surface area contributed by atoms with E-state index in [0.717, 1.165) is 19.4 Å². The highest BCUT2D eigenvalue weighted by atomic mass is 35.5. The van der Waals surface area contributed by atoms with Gasteiger partial charge in [-0.2, -0.15) is 4.31 Å². The second-order valence-electron chi connectivity index (χ2n) is 6.40. The number of benzene rings is 1. The molecule has 0 unspecified atom stereocenters. The van der Waals surface area contributed by atoms with Crippen molar-refractivity contribution >= 4 is 27.6 Å². The average Bonchev–Trinajstić information content (AvgIpc) is 3.14. The zero-order chi connectivity index (χ0) is 17.9. The number of halogens is 1. The summed E-state index contributed by atoms with van der Waals surface area (Å²) in [6.45, 7) is 1.64. The zero-order valence-electron chi connectivity index (χ0n) is 13.9. The van der Waals surface area contributed by atoms with Crippen LogP contribution in [0.5, 0.6) is 0 Å². The first-order valence-corrected chi connectivity index (χ1v) is 10.3. The Labute approximate surface area is 153 Å². The summed E-state index contributed by atoms with van der Waals surface area (Å²) in [6, 6.07) is 6.12. The molecule has 2 heterocycles. The topological polar surface area (TPSA) is 72.9 Å². The van der Waals surface area contributed by atoms with Crippen molar-refractivity contribution in [1.29, 1.82) is 0 Å². The number of carbonyl (C=O) groups excluding carboxylic acids is 1. The summed E-state index contributed by atoms with van der Waals surface area (Å²) in [5.74, 6) is -0.503. The van der Waals surface area contributed by atoms with E-state index >= 15 is 0 Å². The molecule has 0 bridgehead atoms. The van der Waals surface area contributed by atoms with Crippen LogP contribution in [0.1, 0.15) is 25.7 Å². The van der Waals surface area contributed by atoms with Crippen molar-refractivity contribution in [3.8, 4) is 0 Å². The molecule has 0 aliphatic carbocycles. The van der Waals surface area contributed by atoms with E-state index in [1.807, 2.05) is 0 Å². The van der Waals surface area contributed by atoms with Crippen molar-refractivity contribution in [2.75, 3.05) is 26.3 Å². The van der Waals surface area contributed by atoms with Crippen molar-refractivity contribution in [1.82, 2.24) is 4.31 Å². The second kappa shape index (κ2) is 8.03. The Morgan fingerprint density at radius 3 is 2.48 bits per heavy atom. The third kappa shape index (κ3) is 4.53. The summed E-state index contributed by atoms with van der Waals surface area (Å²) in [5.41, 5.74) is 0. The molecule has 1 aromatic carbocycles. The van der Waals surface area contributed by atoms with Crippen molar-refractivity contribution in [3.63, 3.8) is 0 Å². The largest absolute Gasteiger partial charge is 0.463 e. The van der Waals surface area contributed by atoms with Crippen molar-refractivity contribution in [2.45, 2.75) is 36.7 Å². The van der Waals surface area contributed by atoms with Crippen molar-refractivity contribution in [3.05, 3.63) is 29.3 Å². The lowest BCUT2D eigenvalue weighted by molar-refractivity contribution is -0.153. The van der Waals surface area contributed by atoms with Gasteiger partial charge in [0, 0.05) is 24.7 Å². The number of sulfonamides is 1. The number of rotatable bonds is 5. The fraction of sp³-hybridized carbons (Fsp3) is 0.588. The summed E-state index contributed by atoms with van der Waals surface area (Å²) in [6.07, 6.45) is 2.87. The van der Waals surface area contributed by atoms with Gasteiger partial charge in [0.2, 0.25) is 10.0 Å².